The molecular weight excluding hydrogens is 394 g/mol. The van der Waals surface area contributed by atoms with Crippen molar-refractivity contribution in [1.82, 2.24) is 9.38 Å². The molecule has 6 heteroatoms. The van der Waals surface area contributed by atoms with Gasteiger partial charge in [0.05, 0.1) is 10.6 Å². The van der Waals surface area contributed by atoms with Crippen molar-refractivity contribution in [2.45, 2.75) is 37.5 Å². The normalized spacial score (nSPS) is 13.9. The Bertz CT molecular complexity index is 1340. The van der Waals surface area contributed by atoms with Gasteiger partial charge in [0, 0.05) is 23.6 Å². The molecule has 1 aliphatic rings. The second-order valence-corrected chi connectivity index (χ2v) is 9.60. The van der Waals surface area contributed by atoms with Gasteiger partial charge in [-0.3, -0.25) is 4.72 Å². The summed E-state index contributed by atoms with van der Waals surface area (Å²) in [4.78, 5) is 4.98. The number of sulfonamides is 1. The van der Waals surface area contributed by atoms with Crippen molar-refractivity contribution in [3.05, 3.63) is 83.7 Å². The molecule has 0 fully saturated rings. The zero-order chi connectivity index (χ0) is 20.7. The molecule has 0 saturated carbocycles. The van der Waals surface area contributed by atoms with E-state index >= 15 is 0 Å². The van der Waals surface area contributed by atoms with Crippen LogP contribution in [-0.4, -0.2) is 17.8 Å². The van der Waals surface area contributed by atoms with E-state index in [1.165, 1.54) is 12.0 Å². The van der Waals surface area contributed by atoms with Crippen LogP contribution in [0.1, 0.15) is 29.5 Å². The van der Waals surface area contributed by atoms with Gasteiger partial charge in [-0.2, -0.15) is 0 Å². The number of hydrogen-bond donors (Lipinski definition) is 1. The fraction of sp³-hybridized carbons (Fsp3) is 0.208. The van der Waals surface area contributed by atoms with E-state index in [-0.39, 0.29) is 0 Å². The van der Waals surface area contributed by atoms with Crippen LogP contribution in [0.5, 0.6) is 0 Å². The summed E-state index contributed by atoms with van der Waals surface area (Å²) in [5, 5.41) is 0. The van der Waals surface area contributed by atoms with Gasteiger partial charge in [0.25, 0.3) is 10.0 Å². The Morgan fingerprint density at radius 3 is 2.50 bits per heavy atom. The van der Waals surface area contributed by atoms with E-state index in [9.17, 15) is 8.42 Å². The van der Waals surface area contributed by atoms with Crippen LogP contribution < -0.4 is 4.72 Å². The zero-order valence-corrected chi connectivity index (χ0v) is 17.6. The summed E-state index contributed by atoms with van der Waals surface area (Å²) in [6, 6.07) is 16.9. The van der Waals surface area contributed by atoms with Crippen molar-refractivity contribution < 1.29 is 8.42 Å². The van der Waals surface area contributed by atoms with Crippen LogP contribution in [0.25, 0.3) is 16.9 Å². The van der Waals surface area contributed by atoms with E-state index in [0.717, 1.165) is 47.3 Å². The third kappa shape index (κ3) is 3.59. The highest BCUT2D eigenvalue weighted by Gasteiger charge is 2.18. The second-order valence-electron chi connectivity index (χ2n) is 7.92. The summed E-state index contributed by atoms with van der Waals surface area (Å²) >= 11 is 0. The molecule has 5 nitrogen and oxygen atoms in total. The SMILES string of the molecule is Cc1ccn2cc(-c3ccc(NS(=O)(=O)c4ccc5c(c4)CCCC5)cc3)nc2c1. The predicted molar refractivity (Wildman–Crippen MR) is 119 cm³/mol. The van der Waals surface area contributed by atoms with Crippen LogP contribution in [0.15, 0.2) is 71.9 Å². The average Bonchev–Trinajstić information content (AvgIpc) is 3.17. The number of nitrogens with zero attached hydrogens (tertiary/aromatic N) is 2. The number of pyridine rings is 1. The highest BCUT2D eigenvalue weighted by atomic mass is 32.2. The minimum absolute atomic E-state index is 0.322. The van der Waals surface area contributed by atoms with Gasteiger partial charge in [0.1, 0.15) is 5.65 Å². The number of fused-ring (bicyclic) bond motifs is 2. The van der Waals surface area contributed by atoms with Gasteiger partial charge in [0.2, 0.25) is 0 Å². The third-order valence-electron chi connectivity index (χ3n) is 5.68. The summed E-state index contributed by atoms with van der Waals surface area (Å²) in [6.45, 7) is 2.04. The Kier molecular flexibility index (Phi) is 4.59. The fourth-order valence-corrected chi connectivity index (χ4v) is 5.13. The van der Waals surface area contributed by atoms with E-state index in [4.69, 9.17) is 0 Å². The van der Waals surface area contributed by atoms with Gasteiger partial charge >= 0.3 is 0 Å². The lowest BCUT2D eigenvalue weighted by atomic mass is 9.92. The molecule has 5 rings (SSSR count). The molecular formula is C24H23N3O2S. The zero-order valence-electron chi connectivity index (χ0n) is 16.8. The van der Waals surface area contributed by atoms with Gasteiger partial charge < -0.3 is 4.40 Å². The lowest BCUT2D eigenvalue weighted by molar-refractivity contribution is 0.600. The summed E-state index contributed by atoms with van der Waals surface area (Å²) in [7, 11) is -3.62. The molecule has 1 aliphatic carbocycles. The van der Waals surface area contributed by atoms with Crippen LogP contribution in [0, 0.1) is 6.92 Å². The lowest BCUT2D eigenvalue weighted by Crippen LogP contribution is -2.14. The fourth-order valence-electron chi connectivity index (χ4n) is 4.02. The molecule has 2 heterocycles. The molecule has 2 aromatic heterocycles. The molecule has 0 bridgehead atoms. The van der Waals surface area contributed by atoms with Crippen LogP contribution >= 0.6 is 0 Å². The molecule has 0 amide bonds. The second kappa shape index (κ2) is 7.29. The first kappa shape index (κ1) is 18.9. The van der Waals surface area contributed by atoms with E-state index < -0.39 is 10.0 Å². The third-order valence-corrected chi connectivity index (χ3v) is 7.06. The Labute approximate surface area is 176 Å². The van der Waals surface area contributed by atoms with Crippen molar-refractivity contribution in [2.75, 3.05) is 4.72 Å². The van der Waals surface area contributed by atoms with Gasteiger partial charge in [-0.25, -0.2) is 13.4 Å². The summed E-state index contributed by atoms with van der Waals surface area (Å²) < 4.78 is 30.4. The van der Waals surface area contributed by atoms with Gasteiger partial charge in [0.15, 0.2) is 0 Å². The molecule has 0 atom stereocenters. The number of rotatable bonds is 4. The maximum atomic E-state index is 12.9. The summed E-state index contributed by atoms with van der Waals surface area (Å²) in [5.41, 5.74) is 6.80. The minimum Gasteiger partial charge on any atom is -0.306 e. The molecule has 4 aromatic rings. The maximum absolute atomic E-state index is 12.9. The molecule has 0 saturated heterocycles. The molecule has 2 aromatic carbocycles. The number of hydrogen-bond acceptors (Lipinski definition) is 3. The minimum atomic E-state index is -3.62. The van der Waals surface area contributed by atoms with Gasteiger partial charge in [-0.15, -0.1) is 0 Å². The number of aromatic nitrogens is 2. The van der Waals surface area contributed by atoms with E-state index in [2.05, 4.69) is 9.71 Å². The monoisotopic (exact) mass is 417 g/mol. The first-order chi connectivity index (χ1) is 14.5. The van der Waals surface area contributed by atoms with Crippen LogP contribution in [-0.2, 0) is 22.9 Å². The molecule has 1 N–H and O–H groups in total. The topological polar surface area (TPSA) is 63.5 Å². The first-order valence-electron chi connectivity index (χ1n) is 10.2. The highest BCUT2D eigenvalue weighted by Crippen LogP contribution is 2.26. The Hall–Kier alpha value is -3.12. The van der Waals surface area contributed by atoms with Crippen molar-refractivity contribution >= 4 is 21.4 Å². The summed E-state index contributed by atoms with van der Waals surface area (Å²) in [6.07, 6.45) is 8.24. The molecule has 0 aliphatic heterocycles. The Morgan fingerprint density at radius 2 is 1.70 bits per heavy atom. The van der Waals surface area contributed by atoms with Crippen LogP contribution in [0.4, 0.5) is 5.69 Å². The molecule has 0 radical (unpaired) electrons. The maximum Gasteiger partial charge on any atom is 0.261 e. The first-order valence-corrected chi connectivity index (χ1v) is 11.7. The Balaban J connectivity index is 1.38. The van der Waals surface area contributed by atoms with Crippen molar-refractivity contribution in [2.24, 2.45) is 0 Å². The molecule has 30 heavy (non-hydrogen) atoms. The number of aryl methyl sites for hydroxylation is 3. The number of imidazole rings is 1. The molecule has 0 unspecified atom stereocenters. The summed E-state index contributed by atoms with van der Waals surface area (Å²) in [5.74, 6) is 0. The van der Waals surface area contributed by atoms with E-state index in [0.29, 0.717) is 10.6 Å². The lowest BCUT2D eigenvalue weighted by Gasteiger charge is -2.17. The number of anilines is 1. The van der Waals surface area contributed by atoms with Crippen LogP contribution in [0.3, 0.4) is 0 Å². The average molecular weight is 418 g/mol. The number of benzene rings is 2. The van der Waals surface area contributed by atoms with E-state index in [1.807, 2.05) is 60.1 Å². The molecule has 0 spiro atoms. The van der Waals surface area contributed by atoms with Gasteiger partial charge in [-0.05, 0) is 85.7 Å². The van der Waals surface area contributed by atoms with Crippen molar-refractivity contribution in [1.29, 1.82) is 0 Å². The van der Waals surface area contributed by atoms with E-state index in [1.54, 1.807) is 18.2 Å². The largest absolute Gasteiger partial charge is 0.306 e. The van der Waals surface area contributed by atoms with Gasteiger partial charge in [-0.1, -0.05) is 18.2 Å². The Morgan fingerprint density at radius 1 is 0.933 bits per heavy atom. The standard InChI is InChI=1S/C24H23N3O2S/c1-17-12-13-27-16-23(25-24(27)14-17)19-6-9-21(10-7-19)26-30(28,29)22-11-8-18-4-2-3-5-20(18)15-22/h6-16,26H,2-5H2,1H3. The quantitative estimate of drug-likeness (QED) is 0.509. The van der Waals surface area contributed by atoms with Crippen LogP contribution in [0.2, 0.25) is 0 Å². The number of nitrogens with one attached hydrogen (secondary N) is 1. The molecule has 152 valence electrons. The van der Waals surface area contributed by atoms with Crippen molar-refractivity contribution in [3.8, 4) is 11.3 Å². The predicted octanol–water partition coefficient (Wildman–Crippen LogP) is 4.99. The van der Waals surface area contributed by atoms with Crippen molar-refractivity contribution in [3.63, 3.8) is 0 Å². The highest BCUT2D eigenvalue weighted by molar-refractivity contribution is 7.92. The smallest absolute Gasteiger partial charge is 0.261 e.